The van der Waals surface area contributed by atoms with Crippen molar-refractivity contribution in [3.63, 3.8) is 0 Å². The molecule has 1 saturated carbocycles. The fourth-order valence-corrected chi connectivity index (χ4v) is 4.99. The van der Waals surface area contributed by atoms with Crippen LogP contribution in [-0.4, -0.2) is 70.8 Å². The Morgan fingerprint density at radius 1 is 1.21 bits per heavy atom. The summed E-state index contributed by atoms with van der Waals surface area (Å²) in [6, 6.07) is 6.11. The lowest BCUT2D eigenvalue weighted by atomic mass is 9.82. The molecule has 8 nitrogen and oxygen atoms in total. The number of likely N-dealkylation sites (tertiary alicyclic amines) is 1. The normalized spacial score (nSPS) is 24.6. The standard InChI is InChI=1S/C22H24F3N5O3/c1-27-20(33)28-12-21(13-28)19(32)29(17-7-4-15(8-17)9-26)11-18(31)30(21)10-14-2-5-16(6-3-14)22(23,24)25/h2-3,5-6,15,17H,4,7-8,10-13H2,1H3,(H,27,33)/t15-,17-/m1/s1. The van der Waals surface area contributed by atoms with Gasteiger partial charge in [0.25, 0.3) is 5.91 Å². The highest BCUT2D eigenvalue weighted by molar-refractivity contribution is 6.00. The second kappa shape index (κ2) is 8.24. The number of urea groups is 1. The van der Waals surface area contributed by atoms with Gasteiger partial charge >= 0.3 is 12.2 Å². The molecular weight excluding hydrogens is 439 g/mol. The van der Waals surface area contributed by atoms with Gasteiger partial charge in [-0.25, -0.2) is 4.79 Å². The van der Waals surface area contributed by atoms with Crippen LogP contribution in [0.15, 0.2) is 24.3 Å². The molecule has 0 bridgehead atoms. The van der Waals surface area contributed by atoms with Crippen LogP contribution in [0.1, 0.15) is 30.4 Å². The Hall–Kier alpha value is -3.29. The molecule has 0 radical (unpaired) electrons. The SMILES string of the molecule is CNC(=O)N1CC2(C1)C(=O)N([C@@H]1CC[C@@H](C#N)C1)CC(=O)N2Cc1ccc(C(F)(F)F)cc1. The maximum Gasteiger partial charge on any atom is 0.416 e. The molecule has 1 aromatic rings. The third kappa shape index (κ3) is 3.98. The number of nitrogens with one attached hydrogen (secondary N) is 1. The van der Waals surface area contributed by atoms with Crippen molar-refractivity contribution in [3.8, 4) is 6.07 Å². The van der Waals surface area contributed by atoms with Crippen molar-refractivity contribution in [1.82, 2.24) is 20.0 Å². The van der Waals surface area contributed by atoms with E-state index in [4.69, 9.17) is 0 Å². The number of rotatable bonds is 3. The summed E-state index contributed by atoms with van der Waals surface area (Å²) in [6.07, 6.45) is -2.68. The summed E-state index contributed by atoms with van der Waals surface area (Å²) in [5.41, 5.74) is -1.60. The van der Waals surface area contributed by atoms with Gasteiger partial charge < -0.3 is 20.0 Å². The minimum Gasteiger partial charge on any atom is -0.341 e. The van der Waals surface area contributed by atoms with Crippen LogP contribution in [0.3, 0.4) is 0 Å². The van der Waals surface area contributed by atoms with Gasteiger partial charge in [-0.2, -0.15) is 18.4 Å². The van der Waals surface area contributed by atoms with Crippen LogP contribution in [0.2, 0.25) is 0 Å². The number of carbonyl (C=O) groups excluding carboxylic acids is 3. The maximum atomic E-state index is 13.6. The summed E-state index contributed by atoms with van der Waals surface area (Å²) >= 11 is 0. The topological polar surface area (TPSA) is 96.7 Å². The Bertz CT molecular complexity index is 998. The van der Waals surface area contributed by atoms with Gasteiger partial charge in [-0.3, -0.25) is 9.59 Å². The molecule has 2 heterocycles. The molecule has 11 heteroatoms. The van der Waals surface area contributed by atoms with Crippen LogP contribution >= 0.6 is 0 Å². The fraction of sp³-hybridized carbons (Fsp3) is 0.545. The van der Waals surface area contributed by atoms with E-state index in [2.05, 4.69) is 11.4 Å². The number of nitrogens with zero attached hydrogens (tertiary/aromatic N) is 4. The maximum absolute atomic E-state index is 13.6. The summed E-state index contributed by atoms with van der Waals surface area (Å²) in [7, 11) is 1.47. The summed E-state index contributed by atoms with van der Waals surface area (Å²) in [4.78, 5) is 43.3. The summed E-state index contributed by atoms with van der Waals surface area (Å²) in [6.45, 7) is -0.181. The number of nitriles is 1. The number of halogens is 3. The lowest BCUT2D eigenvalue weighted by molar-refractivity contribution is -0.179. The zero-order valence-electron chi connectivity index (χ0n) is 18.1. The van der Waals surface area contributed by atoms with Crippen molar-refractivity contribution < 1.29 is 27.6 Å². The van der Waals surface area contributed by atoms with Crippen molar-refractivity contribution in [2.24, 2.45) is 5.92 Å². The second-order valence-corrected chi connectivity index (χ2v) is 8.84. The highest BCUT2D eigenvalue weighted by Gasteiger charge is 2.61. The van der Waals surface area contributed by atoms with Crippen molar-refractivity contribution in [3.05, 3.63) is 35.4 Å². The lowest BCUT2D eigenvalue weighted by Crippen LogP contribution is -2.82. The van der Waals surface area contributed by atoms with Gasteiger partial charge in [0.05, 0.1) is 24.7 Å². The molecule has 1 aliphatic carbocycles. The molecule has 33 heavy (non-hydrogen) atoms. The molecule has 176 valence electrons. The van der Waals surface area contributed by atoms with Crippen LogP contribution in [0, 0.1) is 17.2 Å². The average Bonchev–Trinajstić information content (AvgIpc) is 3.23. The number of amides is 4. The largest absolute Gasteiger partial charge is 0.416 e. The molecule has 3 aliphatic rings. The number of benzene rings is 1. The van der Waals surface area contributed by atoms with Gasteiger partial charge in [0.15, 0.2) is 5.54 Å². The quantitative estimate of drug-likeness (QED) is 0.741. The van der Waals surface area contributed by atoms with Crippen molar-refractivity contribution in [1.29, 1.82) is 5.26 Å². The molecule has 1 N–H and O–H groups in total. The molecule has 1 spiro atoms. The summed E-state index contributed by atoms with van der Waals surface area (Å²) in [5, 5.41) is 11.7. The van der Waals surface area contributed by atoms with E-state index in [0.29, 0.717) is 24.8 Å². The first-order chi connectivity index (χ1) is 15.6. The highest BCUT2D eigenvalue weighted by atomic mass is 19.4. The van der Waals surface area contributed by atoms with E-state index < -0.39 is 17.3 Å². The van der Waals surface area contributed by atoms with Crippen LogP contribution < -0.4 is 5.32 Å². The van der Waals surface area contributed by atoms with E-state index >= 15 is 0 Å². The highest BCUT2D eigenvalue weighted by Crippen LogP contribution is 2.39. The third-order valence-electron chi connectivity index (χ3n) is 6.84. The van der Waals surface area contributed by atoms with Gasteiger partial charge in [-0.05, 0) is 37.0 Å². The molecule has 2 atom stereocenters. The van der Waals surface area contributed by atoms with Gasteiger partial charge in [0, 0.05) is 25.6 Å². The van der Waals surface area contributed by atoms with Crippen molar-refractivity contribution >= 4 is 17.8 Å². The first kappa shape index (κ1) is 22.9. The van der Waals surface area contributed by atoms with E-state index in [0.717, 1.165) is 12.1 Å². The Balaban J connectivity index is 1.59. The molecule has 2 aliphatic heterocycles. The predicted octanol–water partition coefficient (Wildman–Crippen LogP) is 1.96. The lowest BCUT2D eigenvalue weighted by Gasteiger charge is -2.58. The first-order valence-electron chi connectivity index (χ1n) is 10.7. The zero-order chi connectivity index (χ0) is 24.0. The predicted molar refractivity (Wildman–Crippen MR) is 109 cm³/mol. The van der Waals surface area contributed by atoms with E-state index in [1.165, 1.54) is 33.9 Å². The molecule has 4 amide bonds. The van der Waals surface area contributed by atoms with Gasteiger partial charge in [-0.15, -0.1) is 0 Å². The Labute approximate surface area is 188 Å². The molecule has 3 fully saturated rings. The first-order valence-corrected chi connectivity index (χ1v) is 10.7. The Morgan fingerprint density at radius 3 is 2.42 bits per heavy atom. The minimum absolute atomic E-state index is 0.00276. The number of piperazine rings is 1. The van der Waals surface area contributed by atoms with E-state index in [1.807, 2.05) is 0 Å². The second-order valence-electron chi connectivity index (χ2n) is 8.84. The number of hydrogen-bond acceptors (Lipinski definition) is 4. The van der Waals surface area contributed by atoms with Gasteiger partial charge in [0.1, 0.15) is 6.54 Å². The van der Waals surface area contributed by atoms with Crippen LogP contribution in [0.4, 0.5) is 18.0 Å². The smallest absolute Gasteiger partial charge is 0.341 e. The number of carbonyl (C=O) groups is 3. The van der Waals surface area contributed by atoms with Crippen LogP contribution in [0.5, 0.6) is 0 Å². The average molecular weight is 463 g/mol. The summed E-state index contributed by atoms with van der Waals surface area (Å²) < 4.78 is 38.7. The van der Waals surface area contributed by atoms with Crippen LogP contribution in [0.25, 0.3) is 0 Å². The van der Waals surface area contributed by atoms with E-state index in [1.54, 1.807) is 0 Å². The fourth-order valence-electron chi connectivity index (χ4n) is 4.99. The van der Waals surface area contributed by atoms with E-state index in [9.17, 15) is 32.8 Å². The van der Waals surface area contributed by atoms with Gasteiger partial charge in [0.2, 0.25) is 5.91 Å². The molecule has 0 aromatic heterocycles. The molecular formula is C22H24F3N5O3. The zero-order valence-corrected chi connectivity index (χ0v) is 18.1. The Kier molecular flexibility index (Phi) is 5.72. The number of alkyl halides is 3. The van der Waals surface area contributed by atoms with E-state index in [-0.39, 0.29) is 56.0 Å². The third-order valence-corrected chi connectivity index (χ3v) is 6.84. The molecule has 0 unspecified atom stereocenters. The van der Waals surface area contributed by atoms with Crippen LogP contribution in [-0.2, 0) is 22.3 Å². The van der Waals surface area contributed by atoms with Crippen molar-refractivity contribution in [2.75, 3.05) is 26.7 Å². The van der Waals surface area contributed by atoms with Gasteiger partial charge in [-0.1, -0.05) is 12.1 Å². The monoisotopic (exact) mass is 463 g/mol. The minimum atomic E-state index is -4.47. The molecule has 4 rings (SSSR count). The van der Waals surface area contributed by atoms with Crippen molar-refractivity contribution in [2.45, 2.75) is 43.6 Å². The number of hydrogen-bond donors (Lipinski definition) is 1. The molecule has 1 aromatic carbocycles. The summed E-state index contributed by atoms with van der Waals surface area (Å²) in [5.74, 6) is -0.771. The molecule has 2 saturated heterocycles. The Morgan fingerprint density at radius 2 is 1.88 bits per heavy atom.